The molecule has 0 aliphatic rings. The number of nitrogens with one attached hydrogen (secondary N) is 1. The minimum Gasteiger partial charge on any atom is -0.480 e. The molecule has 1 amide bonds. The molecule has 0 fully saturated rings. The summed E-state index contributed by atoms with van der Waals surface area (Å²) in [7, 11) is 0. The van der Waals surface area contributed by atoms with Crippen LogP contribution >= 0.6 is 11.3 Å². The number of hydrogen-bond acceptors (Lipinski definition) is 5. The number of benzene rings is 2. The molecule has 1 aromatic heterocycles. The molecule has 0 spiro atoms. The van der Waals surface area contributed by atoms with Crippen LogP contribution in [0.2, 0.25) is 0 Å². The first-order valence-electron chi connectivity index (χ1n) is 8.50. The fourth-order valence-electron chi connectivity index (χ4n) is 2.47. The number of ether oxygens (including phenoxy) is 1. The Morgan fingerprint density at radius 1 is 1.15 bits per heavy atom. The van der Waals surface area contributed by atoms with Gasteiger partial charge < -0.3 is 4.74 Å². The second kappa shape index (κ2) is 8.10. The Morgan fingerprint density at radius 2 is 1.92 bits per heavy atom. The number of nitrogens with zero attached hydrogens (tertiary/aromatic N) is 2. The van der Waals surface area contributed by atoms with Crippen LogP contribution in [0.1, 0.15) is 24.5 Å². The summed E-state index contributed by atoms with van der Waals surface area (Å²) >= 11 is 1.34. The van der Waals surface area contributed by atoms with Gasteiger partial charge in [-0.15, -0.1) is 10.2 Å². The molecule has 1 N–H and O–H groups in total. The van der Waals surface area contributed by atoms with Crippen molar-refractivity contribution in [3.8, 4) is 16.3 Å². The summed E-state index contributed by atoms with van der Waals surface area (Å²) in [6.45, 7) is 5.89. The van der Waals surface area contributed by atoms with Crippen LogP contribution in [-0.2, 0) is 4.79 Å². The summed E-state index contributed by atoms with van der Waals surface area (Å²) in [6, 6.07) is 15.7. The van der Waals surface area contributed by atoms with Crippen LogP contribution in [0.15, 0.2) is 48.5 Å². The van der Waals surface area contributed by atoms with Crippen LogP contribution in [0, 0.1) is 13.8 Å². The number of rotatable bonds is 6. The van der Waals surface area contributed by atoms with E-state index in [1.807, 2.05) is 69.3 Å². The molecule has 0 saturated heterocycles. The Morgan fingerprint density at radius 3 is 2.65 bits per heavy atom. The quantitative estimate of drug-likeness (QED) is 0.690. The van der Waals surface area contributed by atoms with Gasteiger partial charge in [0.15, 0.2) is 6.10 Å². The zero-order chi connectivity index (χ0) is 18.5. The first-order chi connectivity index (χ1) is 12.6. The van der Waals surface area contributed by atoms with Crippen LogP contribution in [0.5, 0.6) is 5.75 Å². The van der Waals surface area contributed by atoms with Gasteiger partial charge in [-0.1, -0.05) is 60.7 Å². The largest absolute Gasteiger partial charge is 0.480 e. The maximum atomic E-state index is 12.6. The zero-order valence-corrected chi connectivity index (χ0v) is 15.8. The van der Waals surface area contributed by atoms with Crippen LogP contribution in [-0.4, -0.2) is 22.2 Å². The van der Waals surface area contributed by atoms with E-state index >= 15 is 0 Å². The van der Waals surface area contributed by atoms with Crippen LogP contribution in [0.4, 0.5) is 5.13 Å². The summed E-state index contributed by atoms with van der Waals surface area (Å²) in [5.41, 5.74) is 3.07. The average molecular weight is 367 g/mol. The van der Waals surface area contributed by atoms with Crippen molar-refractivity contribution in [3.05, 3.63) is 59.7 Å². The second-order valence-corrected chi connectivity index (χ2v) is 7.03. The van der Waals surface area contributed by atoms with Gasteiger partial charge in [0.05, 0.1) is 0 Å². The van der Waals surface area contributed by atoms with E-state index in [2.05, 4.69) is 15.5 Å². The number of amides is 1. The van der Waals surface area contributed by atoms with Crippen LogP contribution < -0.4 is 10.1 Å². The fraction of sp³-hybridized carbons (Fsp3) is 0.250. The van der Waals surface area contributed by atoms with E-state index < -0.39 is 6.10 Å². The Kier molecular flexibility index (Phi) is 5.63. The molecule has 0 bridgehead atoms. The molecular formula is C20H21N3O2S. The molecule has 134 valence electrons. The number of anilines is 1. The maximum absolute atomic E-state index is 12.6. The van der Waals surface area contributed by atoms with Gasteiger partial charge in [0, 0.05) is 5.56 Å². The smallest absolute Gasteiger partial charge is 0.267 e. The molecule has 1 unspecified atom stereocenters. The lowest BCUT2D eigenvalue weighted by Crippen LogP contribution is -2.32. The van der Waals surface area contributed by atoms with Crippen molar-refractivity contribution in [2.75, 3.05) is 5.32 Å². The molecule has 0 aliphatic heterocycles. The van der Waals surface area contributed by atoms with Gasteiger partial charge in [0.25, 0.3) is 5.91 Å². The molecule has 0 saturated carbocycles. The Hall–Kier alpha value is -2.73. The molecule has 0 aliphatic carbocycles. The monoisotopic (exact) mass is 367 g/mol. The summed E-state index contributed by atoms with van der Waals surface area (Å²) in [6.07, 6.45) is -0.0246. The minimum atomic E-state index is -0.584. The fourth-order valence-corrected chi connectivity index (χ4v) is 3.22. The highest BCUT2D eigenvalue weighted by Crippen LogP contribution is 2.26. The van der Waals surface area contributed by atoms with E-state index in [1.54, 1.807) is 0 Å². The summed E-state index contributed by atoms with van der Waals surface area (Å²) in [5.74, 6) is 0.512. The number of carbonyl (C=O) groups is 1. The molecule has 6 heteroatoms. The third kappa shape index (κ3) is 4.26. The van der Waals surface area contributed by atoms with Crippen LogP contribution in [0.3, 0.4) is 0 Å². The zero-order valence-electron chi connectivity index (χ0n) is 15.0. The van der Waals surface area contributed by atoms with Gasteiger partial charge in [0.1, 0.15) is 10.8 Å². The van der Waals surface area contributed by atoms with Gasteiger partial charge in [0.2, 0.25) is 5.13 Å². The lowest BCUT2D eigenvalue weighted by Gasteiger charge is -2.18. The van der Waals surface area contributed by atoms with E-state index in [0.29, 0.717) is 11.6 Å². The SMILES string of the molecule is CCC(Oc1cc(C)ccc1C)C(=O)Nc1nnc(-c2ccccc2)s1. The predicted octanol–water partition coefficient (Wildman–Crippen LogP) is 4.62. The number of aromatic nitrogens is 2. The molecule has 3 aromatic rings. The standard InChI is InChI=1S/C20H21N3O2S/c1-4-16(25-17-12-13(2)10-11-14(17)3)18(24)21-20-23-22-19(26-20)15-8-6-5-7-9-15/h5-12,16H,4H2,1-3H3,(H,21,23,24). The summed E-state index contributed by atoms with van der Waals surface area (Å²) in [4.78, 5) is 12.6. The highest BCUT2D eigenvalue weighted by molar-refractivity contribution is 7.18. The number of hydrogen-bond donors (Lipinski definition) is 1. The highest BCUT2D eigenvalue weighted by Gasteiger charge is 2.21. The van der Waals surface area contributed by atoms with E-state index in [9.17, 15) is 4.79 Å². The lowest BCUT2D eigenvalue weighted by molar-refractivity contribution is -0.122. The molecule has 26 heavy (non-hydrogen) atoms. The molecule has 2 aromatic carbocycles. The molecule has 1 heterocycles. The van der Waals surface area contributed by atoms with Gasteiger partial charge in [-0.3, -0.25) is 10.1 Å². The van der Waals surface area contributed by atoms with Crippen molar-refractivity contribution in [2.45, 2.75) is 33.3 Å². The first kappa shape index (κ1) is 18.1. The third-order valence-corrected chi connectivity index (χ3v) is 4.84. The van der Waals surface area contributed by atoms with Crippen molar-refractivity contribution < 1.29 is 9.53 Å². The average Bonchev–Trinajstić information content (AvgIpc) is 3.11. The molecule has 5 nitrogen and oxygen atoms in total. The van der Waals surface area contributed by atoms with Crippen molar-refractivity contribution in [1.82, 2.24) is 10.2 Å². The van der Waals surface area contributed by atoms with Crippen molar-refractivity contribution in [3.63, 3.8) is 0 Å². The van der Waals surface area contributed by atoms with Gasteiger partial charge in [-0.05, 0) is 37.5 Å². The molecule has 0 radical (unpaired) electrons. The minimum absolute atomic E-state index is 0.218. The predicted molar refractivity (Wildman–Crippen MR) is 105 cm³/mol. The van der Waals surface area contributed by atoms with E-state index in [0.717, 1.165) is 27.4 Å². The van der Waals surface area contributed by atoms with Gasteiger partial charge in [-0.2, -0.15) is 0 Å². The Labute approximate surface area is 157 Å². The Bertz CT molecular complexity index is 893. The second-order valence-electron chi connectivity index (χ2n) is 6.05. The van der Waals surface area contributed by atoms with Crippen LogP contribution in [0.25, 0.3) is 10.6 Å². The van der Waals surface area contributed by atoms with Crippen molar-refractivity contribution in [2.24, 2.45) is 0 Å². The summed E-state index contributed by atoms with van der Waals surface area (Å²) < 4.78 is 5.95. The van der Waals surface area contributed by atoms with Gasteiger partial charge in [-0.25, -0.2) is 0 Å². The number of aryl methyl sites for hydroxylation is 2. The molecule has 1 atom stereocenters. The van der Waals surface area contributed by atoms with E-state index in [4.69, 9.17) is 4.74 Å². The first-order valence-corrected chi connectivity index (χ1v) is 9.32. The third-order valence-electron chi connectivity index (χ3n) is 3.95. The molecule has 3 rings (SSSR count). The summed E-state index contributed by atoms with van der Waals surface area (Å²) in [5, 5.41) is 12.3. The van der Waals surface area contributed by atoms with Crippen molar-refractivity contribution >= 4 is 22.4 Å². The maximum Gasteiger partial charge on any atom is 0.267 e. The molecular weight excluding hydrogens is 346 g/mol. The van der Waals surface area contributed by atoms with Gasteiger partial charge >= 0.3 is 0 Å². The lowest BCUT2D eigenvalue weighted by atomic mass is 10.1. The topological polar surface area (TPSA) is 64.1 Å². The van der Waals surface area contributed by atoms with E-state index in [-0.39, 0.29) is 5.91 Å². The van der Waals surface area contributed by atoms with E-state index in [1.165, 1.54) is 11.3 Å². The van der Waals surface area contributed by atoms with Crippen molar-refractivity contribution in [1.29, 1.82) is 0 Å². The number of carbonyl (C=O) groups excluding carboxylic acids is 1. The highest BCUT2D eigenvalue weighted by atomic mass is 32.1. The Balaban J connectivity index is 1.70. The normalized spacial score (nSPS) is 11.8.